The van der Waals surface area contributed by atoms with Gasteiger partial charge in [-0.15, -0.1) is 0 Å². The van der Waals surface area contributed by atoms with E-state index in [0.29, 0.717) is 11.5 Å². The summed E-state index contributed by atoms with van der Waals surface area (Å²) in [5, 5.41) is 11.7. The Balaban J connectivity index is 2.05. The molecule has 0 saturated carbocycles. The molecule has 0 saturated heterocycles. The molecule has 5 nitrogen and oxygen atoms in total. The van der Waals surface area contributed by atoms with Crippen molar-refractivity contribution in [2.24, 2.45) is 0 Å². The predicted octanol–water partition coefficient (Wildman–Crippen LogP) is 3.39. The van der Waals surface area contributed by atoms with Crippen LogP contribution in [0.15, 0.2) is 47.7 Å². The molecule has 1 aliphatic rings. The largest absolute Gasteiger partial charge is 0.493 e. The molecule has 24 heavy (non-hydrogen) atoms. The molecule has 2 N–H and O–H groups in total. The molecule has 1 aliphatic carbocycles. The van der Waals surface area contributed by atoms with Crippen LogP contribution < -0.4 is 14.8 Å². The van der Waals surface area contributed by atoms with Crippen molar-refractivity contribution in [1.29, 1.82) is 0 Å². The minimum absolute atomic E-state index is 0.0411. The van der Waals surface area contributed by atoms with Gasteiger partial charge in [-0.1, -0.05) is 24.3 Å². The maximum absolute atomic E-state index is 10.6. The zero-order valence-corrected chi connectivity index (χ0v) is 14.0. The van der Waals surface area contributed by atoms with Crippen molar-refractivity contribution >= 4 is 12.0 Å². The highest BCUT2D eigenvalue weighted by molar-refractivity contribution is 5.69. The monoisotopic (exact) mass is 329 g/mol. The summed E-state index contributed by atoms with van der Waals surface area (Å²) in [6, 6.07) is 5.76. The van der Waals surface area contributed by atoms with Crippen LogP contribution >= 0.6 is 0 Å². The molecule has 0 aromatic heterocycles. The van der Waals surface area contributed by atoms with Gasteiger partial charge in [0.25, 0.3) is 0 Å². The van der Waals surface area contributed by atoms with Crippen LogP contribution in [0, 0.1) is 0 Å². The number of hydrogen-bond donors (Lipinski definition) is 2. The van der Waals surface area contributed by atoms with E-state index in [-0.39, 0.29) is 6.54 Å². The highest BCUT2D eigenvalue weighted by Crippen LogP contribution is 2.28. The number of hydrogen-bond acceptors (Lipinski definition) is 4. The van der Waals surface area contributed by atoms with Crippen molar-refractivity contribution in [2.45, 2.75) is 19.3 Å². The fraction of sp³-hybridized carbons (Fsp3) is 0.316. The predicted molar refractivity (Wildman–Crippen MR) is 94.2 cm³/mol. The number of rotatable bonds is 7. The molecule has 0 amide bonds. The first-order chi connectivity index (χ1) is 11.6. The Hall–Kier alpha value is -2.69. The molecule has 0 bridgehead atoms. The van der Waals surface area contributed by atoms with E-state index in [0.717, 1.165) is 30.5 Å². The van der Waals surface area contributed by atoms with Gasteiger partial charge < -0.3 is 19.9 Å². The molecule has 0 fully saturated rings. The smallest absolute Gasteiger partial charge is 0.322 e. The summed E-state index contributed by atoms with van der Waals surface area (Å²) < 4.78 is 10.5. The molecule has 1 aromatic rings. The highest BCUT2D eigenvalue weighted by atomic mass is 16.5. The van der Waals surface area contributed by atoms with E-state index in [1.807, 2.05) is 36.4 Å². The molecular weight excluding hydrogens is 306 g/mol. The van der Waals surface area contributed by atoms with E-state index in [1.54, 1.807) is 14.2 Å². The normalized spacial score (nSPS) is 16.1. The molecule has 0 atom stereocenters. The Morgan fingerprint density at radius 1 is 1.25 bits per heavy atom. The zero-order chi connectivity index (χ0) is 17.4. The van der Waals surface area contributed by atoms with Crippen molar-refractivity contribution in [3.63, 3.8) is 0 Å². The van der Waals surface area contributed by atoms with E-state index in [9.17, 15) is 4.79 Å². The lowest BCUT2D eigenvalue weighted by Gasteiger charge is -2.15. The lowest BCUT2D eigenvalue weighted by molar-refractivity contribution is -0.135. The summed E-state index contributed by atoms with van der Waals surface area (Å²) >= 11 is 0. The number of carbonyl (C=O) groups is 1. The molecule has 0 spiro atoms. The Morgan fingerprint density at radius 2 is 2.04 bits per heavy atom. The molecule has 128 valence electrons. The second kappa shape index (κ2) is 8.82. The molecule has 2 rings (SSSR count). The average molecular weight is 329 g/mol. The van der Waals surface area contributed by atoms with Crippen molar-refractivity contribution < 1.29 is 19.4 Å². The van der Waals surface area contributed by atoms with E-state index in [1.165, 1.54) is 5.57 Å². The zero-order valence-electron chi connectivity index (χ0n) is 14.0. The van der Waals surface area contributed by atoms with Gasteiger partial charge >= 0.3 is 5.97 Å². The van der Waals surface area contributed by atoms with Gasteiger partial charge in [-0.2, -0.15) is 0 Å². The van der Waals surface area contributed by atoms with E-state index in [2.05, 4.69) is 11.4 Å². The van der Waals surface area contributed by atoms with Gasteiger partial charge in [0.15, 0.2) is 11.5 Å². The Morgan fingerprint density at radius 3 is 2.75 bits per heavy atom. The first kappa shape index (κ1) is 17.7. The van der Waals surface area contributed by atoms with Gasteiger partial charge in [0.2, 0.25) is 0 Å². The van der Waals surface area contributed by atoms with Gasteiger partial charge in [-0.3, -0.25) is 4.79 Å². The van der Waals surface area contributed by atoms with Crippen molar-refractivity contribution in [3.05, 3.63) is 53.3 Å². The summed E-state index contributed by atoms with van der Waals surface area (Å²) in [6.45, 7) is -0.0411. The van der Waals surface area contributed by atoms with Gasteiger partial charge in [-0.25, -0.2) is 0 Å². The molecule has 0 radical (unpaired) electrons. The maximum Gasteiger partial charge on any atom is 0.322 e. The number of carboxylic acids is 1. The SMILES string of the molecule is COc1ccc(/C=C/C=C2\C=C(NCC(=O)O)CCC2)cc1OC. The Labute approximate surface area is 142 Å². The van der Waals surface area contributed by atoms with Gasteiger partial charge in [-0.05, 0) is 48.6 Å². The van der Waals surface area contributed by atoms with Crippen LogP contribution in [0.2, 0.25) is 0 Å². The minimum Gasteiger partial charge on any atom is -0.493 e. The quantitative estimate of drug-likeness (QED) is 0.802. The standard InChI is InChI=1S/C19H23NO4/c1-23-17-10-9-15(12-18(17)24-2)6-3-5-14-7-4-8-16(11-14)20-13-19(21)22/h3,5-6,9-12,20H,4,7-8,13H2,1-2H3,(H,21,22)/b6-3+,14-5-. The van der Waals surface area contributed by atoms with Crippen LogP contribution in [0.25, 0.3) is 6.08 Å². The average Bonchev–Trinajstić information content (AvgIpc) is 2.60. The number of aliphatic carboxylic acids is 1. The first-order valence-corrected chi connectivity index (χ1v) is 7.88. The molecule has 0 aliphatic heterocycles. The van der Waals surface area contributed by atoms with Crippen LogP contribution in [-0.2, 0) is 4.79 Å². The summed E-state index contributed by atoms with van der Waals surface area (Å²) in [7, 11) is 3.23. The van der Waals surface area contributed by atoms with Crippen LogP contribution in [0.1, 0.15) is 24.8 Å². The van der Waals surface area contributed by atoms with Crippen molar-refractivity contribution in [2.75, 3.05) is 20.8 Å². The Kier molecular flexibility index (Phi) is 6.49. The van der Waals surface area contributed by atoms with E-state index >= 15 is 0 Å². The van der Waals surface area contributed by atoms with E-state index < -0.39 is 5.97 Å². The third-order valence-electron chi connectivity index (χ3n) is 3.74. The number of methoxy groups -OCH3 is 2. The molecule has 5 heteroatoms. The minimum atomic E-state index is -0.847. The van der Waals surface area contributed by atoms with Gasteiger partial charge in [0.05, 0.1) is 14.2 Å². The summed E-state index contributed by atoms with van der Waals surface area (Å²) in [6.07, 6.45) is 11.0. The third kappa shape index (κ3) is 5.19. The maximum atomic E-state index is 10.6. The third-order valence-corrected chi connectivity index (χ3v) is 3.74. The second-order valence-electron chi connectivity index (χ2n) is 5.49. The highest BCUT2D eigenvalue weighted by Gasteiger charge is 2.07. The molecule has 0 unspecified atom stereocenters. The number of nitrogens with one attached hydrogen (secondary N) is 1. The summed E-state index contributed by atoms with van der Waals surface area (Å²) in [5.74, 6) is 0.558. The lowest BCUT2D eigenvalue weighted by Crippen LogP contribution is -2.23. The fourth-order valence-electron chi connectivity index (χ4n) is 2.55. The van der Waals surface area contributed by atoms with Gasteiger partial charge in [0.1, 0.15) is 6.54 Å². The summed E-state index contributed by atoms with van der Waals surface area (Å²) in [4.78, 5) is 10.6. The van der Waals surface area contributed by atoms with Crippen LogP contribution in [0.5, 0.6) is 11.5 Å². The topological polar surface area (TPSA) is 67.8 Å². The van der Waals surface area contributed by atoms with E-state index in [4.69, 9.17) is 14.6 Å². The van der Waals surface area contributed by atoms with Gasteiger partial charge in [0, 0.05) is 5.70 Å². The first-order valence-electron chi connectivity index (χ1n) is 7.88. The molecule has 0 heterocycles. The summed E-state index contributed by atoms with van der Waals surface area (Å²) in [5.41, 5.74) is 3.19. The van der Waals surface area contributed by atoms with Crippen LogP contribution in [0.3, 0.4) is 0 Å². The van der Waals surface area contributed by atoms with Crippen LogP contribution in [-0.4, -0.2) is 31.8 Å². The fourth-order valence-corrected chi connectivity index (χ4v) is 2.55. The number of carboxylic acid groups (broad SMARTS) is 1. The number of allylic oxidation sites excluding steroid dienone is 5. The lowest BCUT2D eigenvalue weighted by atomic mass is 9.98. The number of benzene rings is 1. The van der Waals surface area contributed by atoms with Crippen molar-refractivity contribution in [1.82, 2.24) is 5.32 Å². The Bertz CT molecular complexity index is 674. The molecular formula is C19H23NO4. The van der Waals surface area contributed by atoms with Crippen molar-refractivity contribution in [3.8, 4) is 11.5 Å². The second-order valence-corrected chi connectivity index (χ2v) is 5.49. The molecule has 1 aromatic carbocycles. The van der Waals surface area contributed by atoms with Crippen LogP contribution in [0.4, 0.5) is 0 Å². The number of ether oxygens (including phenoxy) is 2.